The Bertz CT molecular complexity index is 558. The lowest BCUT2D eigenvalue weighted by Crippen LogP contribution is -2.52. The summed E-state index contributed by atoms with van der Waals surface area (Å²) in [6.07, 6.45) is 2.80. The summed E-state index contributed by atoms with van der Waals surface area (Å²) in [6.45, 7) is 3.65. The average Bonchev–Trinajstić information content (AvgIpc) is 2.90. The molecule has 0 saturated carbocycles. The Labute approximate surface area is 124 Å². The van der Waals surface area contributed by atoms with Crippen LogP contribution in [0.25, 0.3) is 0 Å². The van der Waals surface area contributed by atoms with Crippen LogP contribution in [0.2, 0.25) is 0 Å². The number of carbonyl (C=O) groups excluding carboxylic acids is 2. The van der Waals surface area contributed by atoms with Crippen LogP contribution in [0.1, 0.15) is 25.3 Å². The highest BCUT2D eigenvalue weighted by Crippen LogP contribution is 2.29. The number of hydrogen-bond donors (Lipinski definition) is 1. The molecule has 0 spiro atoms. The molecule has 5 heteroatoms. The van der Waals surface area contributed by atoms with Gasteiger partial charge in [0.2, 0.25) is 5.91 Å². The fourth-order valence-electron chi connectivity index (χ4n) is 3.26. The SMILES string of the molecule is CC(=O)N[C@H]1CCCN(C(=O)N2CCc3ccccc32)C1. The second-order valence-corrected chi connectivity index (χ2v) is 5.80. The van der Waals surface area contributed by atoms with Crippen molar-refractivity contribution in [1.82, 2.24) is 10.2 Å². The molecule has 112 valence electrons. The van der Waals surface area contributed by atoms with Crippen molar-refractivity contribution in [3.8, 4) is 0 Å². The third kappa shape index (κ3) is 2.86. The maximum atomic E-state index is 12.7. The molecule has 1 saturated heterocycles. The maximum absolute atomic E-state index is 12.7. The predicted molar refractivity (Wildman–Crippen MR) is 81.3 cm³/mol. The van der Waals surface area contributed by atoms with Crippen molar-refractivity contribution in [3.63, 3.8) is 0 Å². The standard InChI is InChI=1S/C16H21N3O2/c1-12(20)17-14-6-4-9-18(11-14)16(21)19-10-8-13-5-2-3-7-15(13)19/h2-3,5,7,14H,4,6,8-11H2,1H3,(H,17,20)/t14-/m0/s1. The van der Waals surface area contributed by atoms with Crippen molar-refractivity contribution in [2.45, 2.75) is 32.2 Å². The van der Waals surface area contributed by atoms with Crippen LogP contribution in [-0.2, 0) is 11.2 Å². The van der Waals surface area contributed by atoms with Gasteiger partial charge < -0.3 is 10.2 Å². The first-order chi connectivity index (χ1) is 10.1. The first-order valence-corrected chi connectivity index (χ1v) is 7.56. The summed E-state index contributed by atoms with van der Waals surface area (Å²) >= 11 is 0. The number of anilines is 1. The van der Waals surface area contributed by atoms with E-state index in [-0.39, 0.29) is 18.0 Å². The summed E-state index contributed by atoms with van der Waals surface area (Å²) in [5.74, 6) is -0.0270. The molecule has 1 fully saturated rings. The van der Waals surface area contributed by atoms with Crippen molar-refractivity contribution >= 4 is 17.6 Å². The van der Waals surface area contributed by atoms with Crippen molar-refractivity contribution in [3.05, 3.63) is 29.8 Å². The molecule has 0 radical (unpaired) electrons. The summed E-state index contributed by atoms with van der Waals surface area (Å²) in [5.41, 5.74) is 2.27. The van der Waals surface area contributed by atoms with E-state index < -0.39 is 0 Å². The normalized spacial score (nSPS) is 21.1. The number of rotatable bonds is 1. The monoisotopic (exact) mass is 287 g/mol. The molecule has 3 amide bonds. The zero-order chi connectivity index (χ0) is 14.8. The molecular weight excluding hydrogens is 266 g/mol. The molecule has 0 unspecified atom stereocenters. The Morgan fingerprint density at radius 2 is 2.05 bits per heavy atom. The lowest BCUT2D eigenvalue weighted by Gasteiger charge is -2.35. The van der Waals surface area contributed by atoms with Crippen molar-refractivity contribution in [1.29, 1.82) is 0 Å². The predicted octanol–water partition coefficient (Wildman–Crippen LogP) is 1.77. The van der Waals surface area contributed by atoms with E-state index in [4.69, 9.17) is 0 Å². The number of hydrogen-bond acceptors (Lipinski definition) is 2. The molecular formula is C16H21N3O2. The second kappa shape index (κ2) is 5.76. The molecule has 1 atom stereocenters. The molecule has 1 N–H and O–H groups in total. The van der Waals surface area contributed by atoms with Gasteiger partial charge >= 0.3 is 6.03 Å². The molecule has 21 heavy (non-hydrogen) atoms. The third-order valence-electron chi connectivity index (χ3n) is 4.22. The van der Waals surface area contributed by atoms with E-state index in [1.165, 1.54) is 12.5 Å². The lowest BCUT2D eigenvalue weighted by atomic mass is 10.1. The molecule has 2 aliphatic rings. The molecule has 2 aliphatic heterocycles. The molecule has 0 aliphatic carbocycles. The van der Waals surface area contributed by atoms with Gasteiger partial charge in [-0.25, -0.2) is 4.79 Å². The van der Waals surface area contributed by atoms with Crippen molar-refractivity contribution < 1.29 is 9.59 Å². The highest BCUT2D eigenvalue weighted by Gasteiger charge is 2.31. The maximum Gasteiger partial charge on any atom is 0.324 e. The van der Waals surface area contributed by atoms with Crippen LogP contribution in [0.4, 0.5) is 10.5 Å². The van der Waals surface area contributed by atoms with Crippen LogP contribution in [0.5, 0.6) is 0 Å². The van der Waals surface area contributed by atoms with Crippen molar-refractivity contribution in [2.75, 3.05) is 24.5 Å². The van der Waals surface area contributed by atoms with Gasteiger partial charge in [-0.15, -0.1) is 0 Å². The Balaban J connectivity index is 1.70. The van der Waals surface area contributed by atoms with Crippen LogP contribution in [-0.4, -0.2) is 42.5 Å². The summed E-state index contributed by atoms with van der Waals surface area (Å²) in [5, 5.41) is 2.92. The number of carbonyl (C=O) groups is 2. The third-order valence-corrected chi connectivity index (χ3v) is 4.22. The van der Waals surface area contributed by atoms with Crippen LogP contribution >= 0.6 is 0 Å². The van der Waals surface area contributed by atoms with Gasteiger partial charge in [0.15, 0.2) is 0 Å². The lowest BCUT2D eigenvalue weighted by molar-refractivity contribution is -0.119. The molecule has 3 rings (SSSR count). The van der Waals surface area contributed by atoms with Crippen molar-refractivity contribution in [2.24, 2.45) is 0 Å². The number of urea groups is 1. The number of para-hydroxylation sites is 1. The minimum atomic E-state index is -0.0270. The summed E-state index contributed by atoms with van der Waals surface area (Å²) in [7, 11) is 0. The van der Waals surface area contributed by atoms with E-state index in [2.05, 4.69) is 11.4 Å². The quantitative estimate of drug-likeness (QED) is 0.856. The smallest absolute Gasteiger partial charge is 0.324 e. The van der Waals surface area contributed by atoms with Crippen LogP contribution in [0.3, 0.4) is 0 Å². The molecule has 0 bridgehead atoms. The first kappa shape index (κ1) is 13.9. The van der Waals surface area contributed by atoms with E-state index in [1.807, 2.05) is 28.0 Å². The summed E-state index contributed by atoms with van der Waals surface area (Å²) in [4.78, 5) is 27.7. The number of piperidine rings is 1. The van der Waals surface area contributed by atoms with Gasteiger partial charge in [-0.1, -0.05) is 18.2 Å². The Hall–Kier alpha value is -2.04. The second-order valence-electron chi connectivity index (χ2n) is 5.80. The average molecular weight is 287 g/mol. The van der Waals surface area contributed by atoms with E-state index in [0.717, 1.165) is 38.0 Å². The first-order valence-electron chi connectivity index (χ1n) is 7.56. The number of likely N-dealkylation sites (tertiary alicyclic amines) is 1. The highest BCUT2D eigenvalue weighted by molar-refractivity contribution is 5.94. The Morgan fingerprint density at radius 1 is 1.24 bits per heavy atom. The molecule has 1 aromatic rings. The number of nitrogens with zero attached hydrogens (tertiary/aromatic N) is 2. The minimum Gasteiger partial charge on any atom is -0.352 e. The largest absolute Gasteiger partial charge is 0.352 e. The molecule has 5 nitrogen and oxygen atoms in total. The number of nitrogens with one attached hydrogen (secondary N) is 1. The number of amides is 3. The van der Waals surface area contributed by atoms with Gasteiger partial charge in [0.05, 0.1) is 0 Å². The van der Waals surface area contributed by atoms with Crippen LogP contribution < -0.4 is 10.2 Å². The Kier molecular flexibility index (Phi) is 3.82. The van der Waals surface area contributed by atoms with Crippen LogP contribution in [0, 0.1) is 0 Å². The highest BCUT2D eigenvalue weighted by atomic mass is 16.2. The Morgan fingerprint density at radius 3 is 2.86 bits per heavy atom. The van der Waals surface area contributed by atoms with E-state index in [0.29, 0.717) is 6.54 Å². The summed E-state index contributed by atoms with van der Waals surface area (Å²) in [6, 6.07) is 8.23. The number of benzene rings is 1. The fraction of sp³-hybridized carbons (Fsp3) is 0.500. The van der Waals surface area contributed by atoms with Gasteiger partial charge in [0.25, 0.3) is 0 Å². The van der Waals surface area contributed by atoms with Gasteiger partial charge in [-0.3, -0.25) is 9.69 Å². The van der Waals surface area contributed by atoms with Gasteiger partial charge in [-0.05, 0) is 30.9 Å². The van der Waals surface area contributed by atoms with Gasteiger partial charge in [0, 0.05) is 38.3 Å². The van der Waals surface area contributed by atoms with E-state index in [9.17, 15) is 9.59 Å². The molecule has 0 aromatic heterocycles. The van der Waals surface area contributed by atoms with Crippen LogP contribution in [0.15, 0.2) is 24.3 Å². The zero-order valence-corrected chi connectivity index (χ0v) is 12.3. The van der Waals surface area contributed by atoms with Gasteiger partial charge in [-0.2, -0.15) is 0 Å². The summed E-state index contributed by atoms with van der Waals surface area (Å²) < 4.78 is 0. The topological polar surface area (TPSA) is 52.7 Å². The van der Waals surface area contributed by atoms with E-state index in [1.54, 1.807) is 0 Å². The molecule has 2 heterocycles. The van der Waals surface area contributed by atoms with E-state index >= 15 is 0 Å². The molecule has 1 aromatic carbocycles. The fourth-order valence-corrected chi connectivity index (χ4v) is 3.26. The number of fused-ring (bicyclic) bond motifs is 1. The minimum absolute atomic E-state index is 0.0270. The van der Waals surface area contributed by atoms with Gasteiger partial charge in [0.1, 0.15) is 0 Å². The zero-order valence-electron chi connectivity index (χ0n) is 12.3.